The Morgan fingerprint density at radius 2 is 2.04 bits per heavy atom. The molecule has 2 aromatic rings. The molecule has 0 aromatic carbocycles. The van der Waals surface area contributed by atoms with Gasteiger partial charge in [-0.1, -0.05) is 0 Å². The summed E-state index contributed by atoms with van der Waals surface area (Å²) in [5, 5.41) is 20.2. The van der Waals surface area contributed by atoms with E-state index in [-0.39, 0.29) is 11.2 Å². The van der Waals surface area contributed by atoms with Gasteiger partial charge in [0.1, 0.15) is 18.3 Å². The minimum Gasteiger partial charge on any atom is -0.387 e. The molecule has 2 aromatic heterocycles. The first kappa shape index (κ1) is 17.9. The molecule has 14 heteroatoms. The molecule has 0 bridgehead atoms. The van der Waals surface area contributed by atoms with Crippen molar-refractivity contribution in [2.24, 2.45) is 7.05 Å². The van der Waals surface area contributed by atoms with Crippen LogP contribution < -0.4 is 11.2 Å². The van der Waals surface area contributed by atoms with E-state index in [1.807, 2.05) is 0 Å². The summed E-state index contributed by atoms with van der Waals surface area (Å²) in [7, 11) is -3.42. The lowest BCUT2D eigenvalue weighted by molar-refractivity contribution is -0.0505. The number of aliphatic hydroxyl groups is 2. The maximum Gasteiger partial charge on any atom is 0.469 e. The lowest BCUT2D eigenvalue weighted by Gasteiger charge is -2.17. The average Bonchev–Trinajstić information content (AvgIpc) is 3.06. The van der Waals surface area contributed by atoms with Crippen molar-refractivity contribution in [3.05, 3.63) is 27.2 Å². The molecule has 5 N–H and O–H groups in total. The molecule has 0 spiro atoms. The van der Waals surface area contributed by atoms with E-state index in [4.69, 9.17) is 14.5 Å². The van der Waals surface area contributed by atoms with Crippen molar-refractivity contribution in [3.63, 3.8) is 0 Å². The van der Waals surface area contributed by atoms with Crippen LogP contribution in [0.2, 0.25) is 0 Å². The quantitative estimate of drug-likeness (QED) is 0.346. The van der Waals surface area contributed by atoms with Crippen LogP contribution in [0.15, 0.2) is 15.9 Å². The van der Waals surface area contributed by atoms with Gasteiger partial charge >= 0.3 is 13.5 Å². The number of aliphatic hydroxyl groups excluding tert-OH is 2. The number of hydrogen-bond acceptors (Lipinski definition) is 8. The second-order valence-corrected chi connectivity index (χ2v) is 6.71. The molecular weight excluding hydrogens is 363 g/mol. The first-order valence-electron chi connectivity index (χ1n) is 6.97. The first-order chi connectivity index (χ1) is 11.6. The number of aromatic nitrogens is 4. The van der Waals surface area contributed by atoms with E-state index < -0.39 is 50.2 Å². The Morgan fingerprint density at radius 1 is 1.36 bits per heavy atom. The third-order valence-electron chi connectivity index (χ3n) is 3.84. The fourth-order valence-electron chi connectivity index (χ4n) is 2.64. The Bertz CT molecular complexity index is 959. The summed E-state index contributed by atoms with van der Waals surface area (Å²) in [6.07, 6.45) is -4.39. The van der Waals surface area contributed by atoms with Gasteiger partial charge in [0.2, 0.25) is 0 Å². The van der Waals surface area contributed by atoms with Crippen molar-refractivity contribution in [2.45, 2.75) is 24.5 Å². The van der Waals surface area contributed by atoms with E-state index in [0.717, 1.165) is 10.9 Å². The van der Waals surface area contributed by atoms with Crippen LogP contribution in [0, 0.1) is 0 Å². The van der Waals surface area contributed by atoms with E-state index in [1.165, 1.54) is 11.6 Å². The molecule has 0 saturated carbocycles. The van der Waals surface area contributed by atoms with Crippen molar-refractivity contribution in [1.82, 2.24) is 19.1 Å². The van der Waals surface area contributed by atoms with Crippen molar-refractivity contribution in [1.29, 1.82) is 0 Å². The van der Waals surface area contributed by atoms with E-state index in [0.29, 0.717) is 0 Å². The van der Waals surface area contributed by atoms with Gasteiger partial charge < -0.3 is 24.7 Å². The predicted molar refractivity (Wildman–Crippen MR) is 79.5 cm³/mol. The average molecular weight is 378 g/mol. The van der Waals surface area contributed by atoms with E-state index >= 15 is 0 Å². The summed E-state index contributed by atoms with van der Waals surface area (Å²) in [6, 6.07) is 0. The van der Waals surface area contributed by atoms with Gasteiger partial charge in [0.25, 0.3) is 5.56 Å². The second-order valence-electron chi connectivity index (χ2n) is 5.47. The van der Waals surface area contributed by atoms with Crippen LogP contribution >= 0.6 is 7.82 Å². The third-order valence-corrected chi connectivity index (χ3v) is 4.33. The van der Waals surface area contributed by atoms with Crippen LogP contribution in [0.3, 0.4) is 0 Å². The number of hydrogen-bond donors (Lipinski definition) is 5. The number of aromatic amines is 1. The normalized spacial score (nSPS) is 27.2. The summed E-state index contributed by atoms with van der Waals surface area (Å²) in [5.74, 6) is 0. The first-order valence-corrected chi connectivity index (χ1v) is 8.50. The Morgan fingerprint density at radius 3 is 2.68 bits per heavy atom. The maximum absolute atomic E-state index is 11.8. The fourth-order valence-corrected chi connectivity index (χ4v) is 2.98. The molecule has 1 aliphatic heterocycles. The molecule has 1 saturated heterocycles. The number of ether oxygens (including phenoxy) is 1. The van der Waals surface area contributed by atoms with Crippen LogP contribution in [-0.2, 0) is 20.9 Å². The number of fused-ring (bicyclic) bond motifs is 1. The molecule has 0 radical (unpaired) electrons. The van der Waals surface area contributed by atoms with Crippen molar-refractivity contribution < 1.29 is 33.8 Å². The minimum absolute atomic E-state index is 0.0431. The number of rotatable bonds is 4. The Labute approximate surface area is 138 Å². The summed E-state index contributed by atoms with van der Waals surface area (Å²) >= 11 is 0. The van der Waals surface area contributed by atoms with Gasteiger partial charge in [0, 0.05) is 7.05 Å². The standard InChI is InChI=1S/C11H15N4O9P/c1-14-9-5(8(18)13-11(14)19)12-3-15(9)10-7(17)6(16)4(24-10)2-23-25(20,21)22/h3-4,6-7,10,16-17H,2H2,1H3,(H,13,18,19)(H2,20,21,22)/t4-,6-,7-,10-/m1/s1. The molecule has 138 valence electrons. The molecule has 25 heavy (non-hydrogen) atoms. The van der Waals surface area contributed by atoms with Crippen LogP contribution in [0.5, 0.6) is 0 Å². The molecule has 0 amide bonds. The highest BCUT2D eigenvalue weighted by Gasteiger charge is 2.45. The molecular formula is C11H15N4O9P. The molecule has 1 fully saturated rings. The number of phosphoric ester groups is 1. The zero-order chi connectivity index (χ0) is 18.5. The molecule has 13 nitrogen and oxygen atoms in total. The third kappa shape index (κ3) is 3.18. The number of nitrogens with zero attached hydrogens (tertiary/aromatic N) is 3. The maximum atomic E-state index is 11.8. The lowest BCUT2D eigenvalue weighted by atomic mass is 10.1. The largest absolute Gasteiger partial charge is 0.469 e. The molecule has 0 unspecified atom stereocenters. The second kappa shape index (κ2) is 6.14. The number of H-pyrrole nitrogens is 1. The van der Waals surface area contributed by atoms with Crippen LogP contribution in [0.1, 0.15) is 6.23 Å². The summed E-state index contributed by atoms with van der Waals surface area (Å²) in [6.45, 7) is -0.675. The van der Waals surface area contributed by atoms with E-state index in [9.17, 15) is 24.4 Å². The zero-order valence-corrected chi connectivity index (χ0v) is 13.6. The van der Waals surface area contributed by atoms with Crippen LogP contribution in [0.4, 0.5) is 0 Å². The molecule has 3 rings (SSSR count). The van der Waals surface area contributed by atoms with Crippen LogP contribution in [0.25, 0.3) is 11.2 Å². The van der Waals surface area contributed by atoms with Gasteiger partial charge in [-0.25, -0.2) is 14.3 Å². The predicted octanol–water partition coefficient (Wildman–Crippen LogP) is -2.85. The van der Waals surface area contributed by atoms with E-state index in [2.05, 4.69) is 14.5 Å². The minimum atomic E-state index is -4.79. The number of aryl methyl sites for hydroxylation is 1. The SMILES string of the molecule is Cn1c(=O)[nH]c(=O)c2ncn([C@@H]3O[C@H](COP(=O)(O)O)[C@@H](O)[C@H]3O)c21. The van der Waals surface area contributed by atoms with Crippen LogP contribution in [-0.4, -0.2) is 64.0 Å². The highest BCUT2D eigenvalue weighted by molar-refractivity contribution is 7.46. The van der Waals surface area contributed by atoms with Gasteiger partial charge in [-0.2, -0.15) is 0 Å². The van der Waals surface area contributed by atoms with Gasteiger partial charge in [0.05, 0.1) is 12.9 Å². The van der Waals surface area contributed by atoms with Crippen molar-refractivity contribution >= 4 is 19.0 Å². The van der Waals surface area contributed by atoms with Gasteiger partial charge in [-0.15, -0.1) is 0 Å². The van der Waals surface area contributed by atoms with Gasteiger partial charge in [-0.3, -0.25) is 23.4 Å². The molecule has 1 aliphatic rings. The summed E-state index contributed by atoms with van der Waals surface area (Å²) in [4.78, 5) is 46.9. The highest BCUT2D eigenvalue weighted by atomic mass is 31.2. The number of phosphoric acid groups is 1. The summed E-state index contributed by atoms with van der Waals surface area (Å²) in [5.41, 5.74) is -1.48. The molecule has 3 heterocycles. The summed E-state index contributed by atoms with van der Waals surface area (Å²) < 4.78 is 22.7. The van der Waals surface area contributed by atoms with Gasteiger partial charge in [-0.05, 0) is 0 Å². The van der Waals surface area contributed by atoms with E-state index in [1.54, 1.807) is 0 Å². The smallest absolute Gasteiger partial charge is 0.387 e. The molecule has 4 atom stereocenters. The van der Waals surface area contributed by atoms with Gasteiger partial charge in [0.15, 0.2) is 17.4 Å². The fraction of sp³-hybridized carbons (Fsp3) is 0.545. The molecule has 0 aliphatic carbocycles. The Hall–Kier alpha value is -1.86. The topological polar surface area (TPSA) is 189 Å². The monoisotopic (exact) mass is 378 g/mol. The number of nitrogens with one attached hydrogen (secondary N) is 1. The van der Waals surface area contributed by atoms with Crippen molar-refractivity contribution in [2.75, 3.05) is 6.61 Å². The Balaban J connectivity index is 1.97. The van der Waals surface area contributed by atoms with Crippen molar-refractivity contribution in [3.8, 4) is 0 Å². The Kier molecular flexibility index (Phi) is 4.41. The lowest BCUT2D eigenvalue weighted by Crippen LogP contribution is -2.34. The zero-order valence-electron chi connectivity index (χ0n) is 12.7. The highest BCUT2D eigenvalue weighted by Crippen LogP contribution is 2.38. The number of imidazole rings is 1.